The SMILES string of the molecule is CCCC1CCCC(NCCCS(C)=O)CC1. The lowest BCUT2D eigenvalue weighted by Crippen LogP contribution is -2.30. The van der Waals surface area contributed by atoms with Crippen molar-refractivity contribution in [3.8, 4) is 0 Å². The summed E-state index contributed by atoms with van der Waals surface area (Å²) in [6.07, 6.45) is 12.5. The van der Waals surface area contributed by atoms with Gasteiger partial charge in [-0.15, -0.1) is 0 Å². The van der Waals surface area contributed by atoms with Gasteiger partial charge in [0, 0.05) is 28.9 Å². The smallest absolute Gasteiger partial charge is 0.0244 e. The van der Waals surface area contributed by atoms with Gasteiger partial charge < -0.3 is 5.32 Å². The zero-order valence-corrected chi connectivity index (χ0v) is 12.4. The molecule has 2 nitrogen and oxygen atoms in total. The molecule has 0 heterocycles. The van der Waals surface area contributed by atoms with Crippen LogP contribution < -0.4 is 5.32 Å². The first-order chi connectivity index (χ1) is 8.22. The topological polar surface area (TPSA) is 29.1 Å². The first kappa shape index (κ1) is 15.2. The minimum Gasteiger partial charge on any atom is -0.314 e. The molecule has 0 aromatic carbocycles. The van der Waals surface area contributed by atoms with Gasteiger partial charge in [0.15, 0.2) is 0 Å². The largest absolute Gasteiger partial charge is 0.314 e. The molecule has 3 heteroatoms. The van der Waals surface area contributed by atoms with Gasteiger partial charge in [-0.3, -0.25) is 4.21 Å². The normalized spacial score (nSPS) is 27.6. The van der Waals surface area contributed by atoms with Crippen molar-refractivity contribution in [1.29, 1.82) is 0 Å². The van der Waals surface area contributed by atoms with E-state index < -0.39 is 10.8 Å². The lowest BCUT2D eigenvalue weighted by Gasteiger charge is -2.16. The molecule has 0 aliphatic heterocycles. The Balaban J connectivity index is 2.11. The Kier molecular flexibility index (Phi) is 8.12. The Hall–Kier alpha value is 0.110. The van der Waals surface area contributed by atoms with Crippen molar-refractivity contribution in [1.82, 2.24) is 5.32 Å². The number of rotatable bonds is 7. The fourth-order valence-corrected chi connectivity index (χ4v) is 3.41. The maximum atomic E-state index is 10.9. The van der Waals surface area contributed by atoms with Crippen molar-refractivity contribution < 1.29 is 4.21 Å². The lowest BCUT2D eigenvalue weighted by molar-refractivity contribution is 0.410. The highest BCUT2D eigenvalue weighted by molar-refractivity contribution is 7.84. The van der Waals surface area contributed by atoms with Crippen LogP contribution in [0.5, 0.6) is 0 Å². The molecule has 0 spiro atoms. The molecule has 102 valence electrons. The summed E-state index contributed by atoms with van der Waals surface area (Å²) in [5, 5.41) is 3.65. The van der Waals surface area contributed by atoms with Crippen LogP contribution in [-0.4, -0.2) is 28.8 Å². The average molecular weight is 259 g/mol. The molecule has 1 aliphatic rings. The van der Waals surface area contributed by atoms with E-state index in [9.17, 15) is 4.21 Å². The maximum absolute atomic E-state index is 10.9. The van der Waals surface area contributed by atoms with Gasteiger partial charge in [0.25, 0.3) is 0 Å². The second-order valence-electron chi connectivity index (χ2n) is 5.44. The van der Waals surface area contributed by atoms with Gasteiger partial charge >= 0.3 is 0 Å². The number of hydrogen-bond acceptors (Lipinski definition) is 2. The third kappa shape index (κ3) is 7.20. The Morgan fingerprint density at radius 1 is 1.24 bits per heavy atom. The summed E-state index contributed by atoms with van der Waals surface area (Å²) < 4.78 is 10.9. The first-order valence-corrected chi connectivity index (χ1v) is 8.98. The molecule has 0 saturated heterocycles. The second kappa shape index (κ2) is 9.09. The van der Waals surface area contributed by atoms with E-state index in [2.05, 4.69) is 12.2 Å². The molecule has 1 N–H and O–H groups in total. The molecule has 0 aromatic heterocycles. The van der Waals surface area contributed by atoms with E-state index in [4.69, 9.17) is 0 Å². The van der Waals surface area contributed by atoms with E-state index in [1.54, 1.807) is 6.26 Å². The van der Waals surface area contributed by atoms with Crippen molar-refractivity contribution in [3.05, 3.63) is 0 Å². The van der Waals surface area contributed by atoms with Crippen LogP contribution in [0.3, 0.4) is 0 Å². The molecule has 0 bridgehead atoms. The standard InChI is InChI=1S/C14H29NOS/c1-3-6-13-7-4-8-14(10-9-13)15-11-5-12-17(2)16/h13-15H,3-12H2,1-2H3. The van der Waals surface area contributed by atoms with E-state index >= 15 is 0 Å². The fraction of sp³-hybridized carbons (Fsp3) is 1.00. The quantitative estimate of drug-likeness (QED) is 0.562. The average Bonchev–Trinajstić information content (AvgIpc) is 2.51. The summed E-state index contributed by atoms with van der Waals surface area (Å²) in [6.45, 7) is 3.34. The minimum atomic E-state index is -0.624. The van der Waals surface area contributed by atoms with E-state index in [0.717, 1.165) is 30.7 Å². The van der Waals surface area contributed by atoms with Gasteiger partial charge in [0.1, 0.15) is 0 Å². The molecule has 3 atom stereocenters. The summed E-state index contributed by atoms with van der Waals surface area (Å²) in [4.78, 5) is 0. The molecular weight excluding hydrogens is 230 g/mol. The number of nitrogens with one attached hydrogen (secondary N) is 1. The molecule has 1 saturated carbocycles. The zero-order chi connectivity index (χ0) is 12.5. The Morgan fingerprint density at radius 2 is 2.06 bits per heavy atom. The predicted octanol–water partition coefficient (Wildman–Crippen LogP) is 3.09. The van der Waals surface area contributed by atoms with Gasteiger partial charge in [-0.25, -0.2) is 0 Å². The fourth-order valence-electron chi connectivity index (χ4n) is 2.86. The molecule has 1 aliphatic carbocycles. The van der Waals surface area contributed by atoms with Gasteiger partial charge in [-0.2, -0.15) is 0 Å². The van der Waals surface area contributed by atoms with Crippen molar-refractivity contribution in [2.24, 2.45) is 5.92 Å². The number of hydrogen-bond donors (Lipinski definition) is 1. The molecular formula is C14H29NOS. The second-order valence-corrected chi connectivity index (χ2v) is 7.00. The Labute approximate surface area is 109 Å². The van der Waals surface area contributed by atoms with E-state index in [1.165, 1.54) is 44.9 Å². The van der Waals surface area contributed by atoms with Crippen molar-refractivity contribution in [2.45, 2.75) is 64.3 Å². The van der Waals surface area contributed by atoms with Gasteiger partial charge in [-0.05, 0) is 38.1 Å². The van der Waals surface area contributed by atoms with Gasteiger partial charge in [0.2, 0.25) is 0 Å². The highest BCUT2D eigenvalue weighted by Gasteiger charge is 2.17. The van der Waals surface area contributed by atoms with Gasteiger partial charge in [0.05, 0.1) is 0 Å². The summed E-state index contributed by atoms with van der Waals surface area (Å²) in [7, 11) is -0.624. The summed E-state index contributed by atoms with van der Waals surface area (Å²) in [5.74, 6) is 1.83. The van der Waals surface area contributed by atoms with Crippen molar-refractivity contribution in [2.75, 3.05) is 18.6 Å². The lowest BCUT2D eigenvalue weighted by atomic mass is 9.95. The van der Waals surface area contributed by atoms with Crippen LogP contribution in [0.1, 0.15) is 58.3 Å². The molecule has 0 aromatic rings. The molecule has 0 amide bonds. The molecule has 17 heavy (non-hydrogen) atoms. The summed E-state index contributed by atoms with van der Waals surface area (Å²) in [5.41, 5.74) is 0. The van der Waals surface area contributed by atoms with Crippen LogP contribution in [0.25, 0.3) is 0 Å². The van der Waals surface area contributed by atoms with E-state index in [0.29, 0.717) is 0 Å². The highest BCUT2D eigenvalue weighted by atomic mass is 32.2. The Bertz CT molecular complexity index is 220. The monoisotopic (exact) mass is 259 g/mol. The van der Waals surface area contributed by atoms with Crippen LogP contribution >= 0.6 is 0 Å². The predicted molar refractivity (Wildman–Crippen MR) is 76.8 cm³/mol. The zero-order valence-electron chi connectivity index (χ0n) is 11.5. The van der Waals surface area contributed by atoms with Gasteiger partial charge in [-0.1, -0.05) is 32.6 Å². The van der Waals surface area contributed by atoms with Crippen LogP contribution in [0.15, 0.2) is 0 Å². The van der Waals surface area contributed by atoms with Crippen molar-refractivity contribution >= 4 is 10.8 Å². The first-order valence-electron chi connectivity index (χ1n) is 7.25. The van der Waals surface area contributed by atoms with Crippen LogP contribution in [0, 0.1) is 5.92 Å². The molecule has 3 unspecified atom stereocenters. The molecule has 1 fully saturated rings. The molecule has 1 rings (SSSR count). The summed E-state index contributed by atoms with van der Waals surface area (Å²) >= 11 is 0. The van der Waals surface area contributed by atoms with Crippen LogP contribution in [0.2, 0.25) is 0 Å². The third-order valence-corrected chi connectivity index (χ3v) is 4.69. The van der Waals surface area contributed by atoms with Crippen LogP contribution in [0.4, 0.5) is 0 Å². The third-order valence-electron chi connectivity index (χ3n) is 3.83. The van der Waals surface area contributed by atoms with E-state index in [-0.39, 0.29) is 0 Å². The van der Waals surface area contributed by atoms with E-state index in [1.807, 2.05) is 0 Å². The summed E-state index contributed by atoms with van der Waals surface area (Å²) in [6, 6.07) is 0.724. The maximum Gasteiger partial charge on any atom is 0.0244 e. The van der Waals surface area contributed by atoms with Crippen LogP contribution in [-0.2, 0) is 10.8 Å². The van der Waals surface area contributed by atoms with Crippen molar-refractivity contribution in [3.63, 3.8) is 0 Å². The minimum absolute atomic E-state index is 0.624. The Morgan fingerprint density at radius 3 is 2.76 bits per heavy atom. The highest BCUT2D eigenvalue weighted by Crippen LogP contribution is 2.26. The molecule has 0 radical (unpaired) electrons.